The number of hydrogen-bond donors (Lipinski definition) is 2. The fourth-order valence-corrected chi connectivity index (χ4v) is 4.10. The van der Waals surface area contributed by atoms with Crippen LogP contribution >= 0.6 is 11.6 Å². The number of piperidine rings is 1. The van der Waals surface area contributed by atoms with Gasteiger partial charge in [-0.2, -0.15) is 0 Å². The first-order valence-corrected chi connectivity index (χ1v) is 11.3. The molecule has 3 heterocycles. The lowest BCUT2D eigenvalue weighted by Crippen LogP contribution is -2.44. The van der Waals surface area contributed by atoms with E-state index in [0.717, 1.165) is 11.5 Å². The van der Waals surface area contributed by atoms with Gasteiger partial charge in [-0.1, -0.05) is 23.7 Å². The number of carbonyl (C=O) groups excluding carboxylic acids is 2. The number of aliphatic imine (C=N–C) groups is 1. The number of para-hydroxylation sites is 2. The van der Waals surface area contributed by atoms with Gasteiger partial charge in [-0.05, 0) is 51.0 Å². The Bertz CT molecular complexity index is 1110. The summed E-state index contributed by atoms with van der Waals surface area (Å²) in [6, 6.07) is 11.1. The monoisotopic (exact) mass is 467 g/mol. The van der Waals surface area contributed by atoms with Crippen molar-refractivity contribution in [3.8, 4) is 0 Å². The number of amidine groups is 1. The average Bonchev–Trinajstić information content (AvgIpc) is 2.95. The SMILES string of the molecule is CCOC(=O)C1=C(C)Nc2ccccc2N=C1NC(=O)C1CCN(c2ccc(Cl)cn2)CC1. The number of carbonyl (C=O) groups is 2. The lowest BCUT2D eigenvalue weighted by atomic mass is 9.95. The number of hydrogen-bond acceptors (Lipinski definition) is 7. The number of halogens is 1. The number of nitrogens with zero attached hydrogens (tertiary/aromatic N) is 3. The molecule has 2 N–H and O–H groups in total. The Labute approximate surface area is 197 Å². The van der Waals surface area contributed by atoms with Crippen LogP contribution in [-0.2, 0) is 14.3 Å². The predicted octanol–water partition coefficient (Wildman–Crippen LogP) is 4.06. The zero-order chi connectivity index (χ0) is 23.4. The zero-order valence-corrected chi connectivity index (χ0v) is 19.4. The van der Waals surface area contributed by atoms with E-state index in [1.165, 1.54) is 0 Å². The number of esters is 1. The van der Waals surface area contributed by atoms with Crippen molar-refractivity contribution in [3.63, 3.8) is 0 Å². The van der Waals surface area contributed by atoms with Gasteiger partial charge in [0.2, 0.25) is 5.91 Å². The summed E-state index contributed by atoms with van der Waals surface area (Å²) in [5.41, 5.74) is 2.19. The number of fused-ring (bicyclic) bond motifs is 1. The van der Waals surface area contributed by atoms with Crippen molar-refractivity contribution in [1.82, 2.24) is 10.3 Å². The molecule has 0 spiro atoms. The average molecular weight is 468 g/mol. The molecule has 1 saturated heterocycles. The molecule has 8 nitrogen and oxygen atoms in total. The molecule has 1 aromatic heterocycles. The summed E-state index contributed by atoms with van der Waals surface area (Å²) in [5.74, 6) is 0.156. The molecule has 0 unspecified atom stereocenters. The van der Waals surface area contributed by atoms with Crippen molar-refractivity contribution in [2.45, 2.75) is 26.7 Å². The normalized spacial score (nSPS) is 16.3. The molecular formula is C24H26ClN5O3. The molecule has 0 radical (unpaired) electrons. The van der Waals surface area contributed by atoms with Crippen molar-refractivity contribution in [1.29, 1.82) is 0 Å². The van der Waals surface area contributed by atoms with Crippen molar-refractivity contribution in [2.24, 2.45) is 10.9 Å². The molecule has 0 bridgehead atoms. The molecule has 0 saturated carbocycles. The lowest BCUT2D eigenvalue weighted by molar-refractivity contribution is -0.137. The number of benzene rings is 1. The number of amides is 1. The fourth-order valence-electron chi connectivity index (χ4n) is 3.98. The van der Waals surface area contributed by atoms with E-state index >= 15 is 0 Å². The van der Waals surface area contributed by atoms with Crippen LogP contribution < -0.4 is 15.5 Å². The van der Waals surface area contributed by atoms with Crippen molar-refractivity contribution >= 4 is 46.5 Å². The van der Waals surface area contributed by atoms with Crippen molar-refractivity contribution in [2.75, 3.05) is 29.9 Å². The highest BCUT2D eigenvalue weighted by molar-refractivity contribution is 6.30. The summed E-state index contributed by atoms with van der Waals surface area (Å²) in [6.45, 7) is 5.13. The van der Waals surface area contributed by atoms with E-state index < -0.39 is 5.97 Å². The van der Waals surface area contributed by atoms with Crippen LogP contribution in [0, 0.1) is 5.92 Å². The minimum Gasteiger partial charge on any atom is -0.462 e. The number of allylic oxidation sites excluding steroid dienone is 1. The van der Waals surface area contributed by atoms with Gasteiger partial charge in [0.25, 0.3) is 0 Å². The molecule has 2 aromatic rings. The Balaban J connectivity index is 1.51. The third kappa shape index (κ3) is 5.17. The Morgan fingerprint density at radius 3 is 2.67 bits per heavy atom. The van der Waals surface area contributed by atoms with E-state index in [0.29, 0.717) is 42.3 Å². The number of rotatable bonds is 4. The molecule has 0 atom stereocenters. The third-order valence-electron chi connectivity index (χ3n) is 5.69. The molecule has 33 heavy (non-hydrogen) atoms. The molecule has 0 aliphatic carbocycles. The number of pyridine rings is 1. The molecule has 2 aliphatic heterocycles. The minimum atomic E-state index is -0.530. The molecule has 1 aromatic carbocycles. The van der Waals surface area contributed by atoms with Gasteiger partial charge >= 0.3 is 5.97 Å². The maximum atomic E-state index is 13.2. The maximum Gasteiger partial charge on any atom is 0.343 e. The summed E-state index contributed by atoms with van der Waals surface area (Å²) < 4.78 is 5.24. The molecule has 4 rings (SSSR count). The molecule has 1 fully saturated rings. The Hall–Kier alpha value is -3.39. The quantitative estimate of drug-likeness (QED) is 0.658. The van der Waals surface area contributed by atoms with Gasteiger partial charge in [0, 0.05) is 30.9 Å². The zero-order valence-electron chi connectivity index (χ0n) is 18.6. The summed E-state index contributed by atoms with van der Waals surface area (Å²) in [7, 11) is 0. The number of aromatic nitrogens is 1. The number of nitrogens with one attached hydrogen (secondary N) is 2. The minimum absolute atomic E-state index is 0.161. The molecule has 1 amide bonds. The van der Waals surface area contributed by atoms with Gasteiger partial charge in [-0.3, -0.25) is 4.79 Å². The molecular weight excluding hydrogens is 442 g/mol. The van der Waals surface area contributed by atoms with E-state index in [1.54, 1.807) is 20.0 Å². The predicted molar refractivity (Wildman–Crippen MR) is 129 cm³/mol. The highest BCUT2D eigenvalue weighted by atomic mass is 35.5. The van der Waals surface area contributed by atoms with Crippen molar-refractivity contribution < 1.29 is 14.3 Å². The van der Waals surface area contributed by atoms with Crippen LogP contribution in [0.3, 0.4) is 0 Å². The van der Waals surface area contributed by atoms with Gasteiger partial charge in [0.05, 0.1) is 23.0 Å². The van der Waals surface area contributed by atoms with Gasteiger partial charge in [0.1, 0.15) is 17.2 Å². The molecule has 172 valence electrons. The Kier molecular flexibility index (Phi) is 6.93. The third-order valence-corrected chi connectivity index (χ3v) is 5.92. The highest BCUT2D eigenvalue weighted by Crippen LogP contribution is 2.30. The van der Waals surface area contributed by atoms with Gasteiger partial charge in [-0.25, -0.2) is 14.8 Å². The van der Waals surface area contributed by atoms with Gasteiger partial charge < -0.3 is 20.3 Å². The Morgan fingerprint density at radius 1 is 1.21 bits per heavy atom. The largest absolute Gasteiger partial charge is 0.462 e. The second kappa shape index (κ2) is 10.0. The van der Waals surface area contributed by atoms with E-state index in [1.807, 2.05) is 36.4 Å². The summed E-state index contributed by atoms with van der Waals surface area (Å²) in [4.78, 5) is 37.0. The van der Waals surface area contributed by atoms with Crippen LogP contribution in [0.25, 0.3) is 0 Å². The van der Waals surface area contributed by atoms with Crippen LogP contribution in [0.15, 0.2) is 58.9 Å². The van der Waals surface area contributed by atoms with Crippen molar-refractivity contribution in [3.05, 3.63) is 58.9 Å². The number of ether oxygens (including phenoxy) is 1. The molecule has 2 aliphatic rings. The van der Waals surface area contributed by atoms with Crippen LogP contribution in [0.4, 0.5) is 17.2 Å². The lowest BCUT2D eigenvalue weighted by Gasteiger charge is -2.32. The van der Waals surface area contributed by atoms with Crippen LogP contribution in [0.1, 0.15) is 26.7 Å². The Morgan fingerprint density at radius 2 is 1.97 bits per heavy atom. The highest BCUT2D eigenvalue weighted by Gasteiger charge is 2.30. The standard InChI is InChI=1S/C24H26ClN5O3/c1-3-33-24(32)21-15(2)27-18-6-4-5-7-19(18)28-22(21)29-23(31)16-10-12-30(13-11-16)20-9-8-17(25)14-26-20/h4-9,14,16,27H,3,10-13H2,1-2H3,(H,28,29,31). The van der Waals surface area contributed by atoms with Crippen LogP contribution in [-0.4, -0.2) is 42.4 Å². The second-order valence-corrected chi connectivity index (χ2v) is 8.34. The first-order valence-electron chi connectivity index (χ1n) is 11.0. The second-order valence-electron chi connectivity index (χ2n) is 7.91. The summed E-state index contributed by atoms with van der Waals surface area (Å²) in [6.07, 6.45) is 2.95. The summed E-state index contributed by atoms with van der Waals surface area (Å²) in [5, 5.41) is 6.72. The number of anilines is 2. The van der Waals surface area contributed by atoms with E-state index in [-0.39, 0.29) is 29.8 Å². The molecule has 9 heteroatoms. The topological polar surface area (TPSA) is 95.9 Å². The van der Waals surface area contributed by atoms with E-state index in [2.05, 4.69) is 25.5 Å². The van der Waals surface area contributed by atoms with Crippen LogP contribution in [0.5, 0.6) is 0 Å². The smallest absolute Gasteiger partial charge is 0.343 e. The fraction of sp³-hybridized carbons (Fsp3) is 0.333. The van der Waals surface area contributed by atoms with E-state index in [9.17, 15) is 9.59 Å². The van der Waals surface area contributed by atoms with Crippen LogP contribution in [0.2, 0.25) is 5.02 Å². The van der Waals surface area contributed by atoms with Gasteiger partial charge in [-0.15, -0.1) is 0 Å². The first kappa shape index (κ1) is 22.8. The first-order chi connectivity index (χ1) is 16.0. The van der Waals surface area contributed by atoms with E-state index in [4.69, 9.17) is 16.3 Å². The maximum absolute atomic E-state index is 13.2. The summed E-state index contributed by atoms with van der Waals surface area (Å²) >= 11 is 5.93. The van der Waals surface area contributed by atoms with Gasteiger partial charge in [0.15, 0.2) is 0 Å².